The first-order chi connectivity index (χ1) is 20.6. The number of hydrogen-bond donors (Lipinski definition) is 0. The Morgan fingerprint density at radius 3 is 2.23 bits per heavy atom. The molecule has 1 aliphatic rings. The number of Topliss-reactive ketones (excluding diaryl/α,β-unsaturated/α-hetero) is 1. The van der Waals surface area contributed by atoms with E-state index < -0.39 is 0 Å². The van der Waals surface area contributed by atoms with Crippen LogP contribution in [0.2, 0.25) is 10.0 Å². The quantitative estimate of drug-likeness (QED) is 0.184. The number of carbonyl (C=O) groups excluding carboxylic acids is 1. The molecule has 0 aliphatic carbocycles. The number of rotatable bonds is 7. The molecule has 6 nitrogen and oxygen atoms in total. The standard InChI is InChI=1S/C35H35Cl2N5O/c1-34(2,3)21-27(43)22-35(24-9-5-4-6-10-24)17-19-41(20-18-35)32-30-33(39-23-38-32)42(26-15-13-25(36)14-16-26)31(40-30)28-11-7-8-12-29(28)37/h4-16,23H,17-22H2,1-3H3. The summed E-state index contributed by atoms with van der Waals surface area (Å²) in [6, 6.07) is 25.8. The Morgan fingerprint density at radius 1 is 0.884 bits per heavy atom. The minimum absolute atomic E-state index is 0.0372. The van der Waals surface area contributed by atoms with E-state index in [0.29, 0.717) is 45.7 Å². The number of ketones is 1. The molecule has 0 bridgehead atoms. The highest BCUT2D eigenvalue weighted by Crippen LogP contribution is 2.42. The molecule has 43 heavy (non-hydrogen) atoms. The number of piperidine rings is 1. The molecule has 2 aromatic heterocycles. The third-order valence-corrected chi connectivity index (χ3v) is 8.88. The first-order valence-corrected chi connectivity index (χ1v) is 15.5. The third-order valence-electron chi connectivity index (χ3n) is 8.29. The molecule has 0 radical (unpaired) electrons. The lowest BCUT2D eigenvalue weighted by molar-refractivity contribution is -0.122. The van der Waals surface area contributed by atoms with Crippen LogP contribution < -0.4 is 4.90 Å². The smallest absolute Gasteiger partial charge is 0.170 e. The highest BCUT2D eigenvalue weighted by Gasteiger charge is 2.39. The zero-order valence-electron chi connectivity index (χ0n) is 24.7. The maximum Gasteiger partial charge on any atom is 0.170 e. The summed E-state index contributed by atoms with van der Waals surface area (Å²) >= 11 is 12.9. The summed E-state index contributed by atoms with van der Waals surface area (Å²) in [4.78, 5) is 30.2. The van der Waals surface area contributed by atoms with Crippen molar-refractivity contribution < 1.29 is 4.79 Å². The van der Waals surface area contributed by atoms with Gasteiger partial charge in [-0.3, -0.25) is 9.36 Å². The summed E-state index contributed by atoms with van der Waals surface area (Å²) < 4.78 is 2.02. The number of anilines is 1. The zero-order valence-corrected chi connectivity index (χ0v) is 26.2. The molecule has 0 unspecified atom stereocenters. The van der Waals surface area contributed by atoms with E-state index in [9.17, 15) is 4.79 Å². The number of carbonyl (C=O) groups is 1. The van der Waals surface area contributed by atoms with Crippen molar-refractivity contribution in [1.29, 1.82) is 0 Å². The lowest BCUT2D eigenvalue weighted by Crippen LogP contribution is -2.44. The average molecular weight is 613 g/mol. The van der Waals surface area contributed by atoms with Crippen LogP contribution in [0.4, 0.5) is 5.82 Å². The van der Waals surface area contributed by atoms with E-state index in [2.05, 4.69) is 49.9 Å². The van der Waals surface area contributed by atoms with E-state index in [1.54, 1.807) is 6.33 Å². The first-order valence-electron chi connectivity index (χ1n) is 14.7. The molecule has 3 aromatic carbocycles. The second-order valence-electron chi connectivity index (χ2n) is 12.7. The molecule has 1 saturated heterocycles. The number of nitrogens with zero attached hydrogens (tertiary/aromatic N) is 5. The van der Waals surface area contributed by atoms with Crippen LogP contribution in [0.3, 0.4) is 0 Å². The molecule has 5 aromatic rings. The van der Waals surface area contributed by atoms with Crippen LogP contribution in [0.25, 0.3) is 28.2 Å². The van der Waals surface area contributed by atoms with Gasteiger partial charge < -0.3 is 4.90 Å². The minimum Gasteiger partial charge on any atom is -0.355 e. The van der Waals surface area contributed by atoms with Crippen molar-refractivity contribution in [1.82, 2.24) is 19.5 Å². The molecule has 1 fully saturated rings. The fraction of sp³-hybridized carbons (Fsp3) is 0.314. The Morgan fingerprint density at radius 2 is 1.56 bits per heavy atom. The molecule has 8 heteroatoms. The van der Waals surface area contributed by atoms with Crippen molar-refractivity contribution in [3.05, 3.63) is 101 Å². The fourth-order valence-electron chi connectivity index (χ4n) is 6.31. The third kappa shape index (κ3) is 6.04. The summed E-state index contributed by atoms with van der Waals surface area (Å²) in [7, 11) is 0. The predicted octanol–water partition coefficient (Wildman–Crippen LogP) is 8.72. The molecular weight excluding hydrogens is 577 g/mol. The van der Waals surface area contributed by atoms with E-state index in [4.69, 9.17) is 38.2 Å². The average Bonchev–Trinajstić information content (AvgIpc) is 3.37. The minimum atomic E-state index is -0.211. The lowest BCUT2D eigenvalue weighted by atomic mass is 9.68. The van der Waals surface area contributed by atoms with Crippen LogP contribution in [-0.4, -0.2) is 38.4 Å². The molecule has 3 heterocycles. The van der Waals surface area contributed by atoms with Gasteiger partial charge in [-0.1, -0.05) is 86.4 Å². The number of aromatic nitrogens is 4. The fourth-order valence-corrected chi connectivity index (χ4v) is 6.65. The summed E-state index contributed by atoms with van der Waals surface area (Å²) in [5.41, 5.74) is 4.08. The molecule has 1 aliphatic heterocycles. The van der Waals surface area contributed by atoms with Gasteiger partial charge in [-0.15, -0.1) is 0 Å². The number of hydrogen-bond acceptors (Lipinski definition) is 5. The highest BCUT2D eigenvalue weighted by molar-refractivity contribution is 6.33. The van der Waals surface area contributed by atoms with Gasteiger partial charge in [-0.05, 0) is 60.2 Å². The van der Waals surface area contributed by atoms with E-state index in [1.165, 1.54) is 5.56 Å². The largest absolute Gasteiger partial charge is 0.355 e. The van der Waals surface area contributed by atoms with E-state index in [-0.39, 0.29) is 10.8 Å². The maximum atomic E-state index is 13.3. The van der Waals surface area contributed by atoms with Crippen LogP contribution in [-0.2, 0) is 10.2 Å². The number of benzene rings is 3. The van der Waals surface area contributed by atoms with Crippen LogP contribution in [0, 0.1) is 5.41 Å². The second kappa shape index (κ2) is 11.7. The van der Waals surface area contributed by atoms with E-state index >= 15 is 0 Å². The van der Waals surface area contributed by atoms with E-state index in [0.717, 1.165) is 43.0 Å². The lowest BCUT2D eigenvalue weighted by Gasteiger charge is -2.43. The first kappa shape index (κ1) is 29.3. The van der Waals surface area contributed by atoms with Crippen molar-refractivity contribution in [2.75, 3.05) is 18.0 Å². The molecule has 0 spiro atoms. The topological polar surface area (TPSA) is 63.9 Å². The number of fused-ring (bicyclic) bond motifs is 1. The second-order valence-corrected chi connectivity index (χ2v) is 13.5. The summed E-state index contributed by atoms with van der Waals surface area (Å²) in [6.07, 6.45) is 4.41. The molecular formula is C35H35Cl2N5O. The van der Waals surface area contributed by atoms with Crippen molar-refractivity contribution in [3.8, 4) is 17.1 Å². The Balaban J connectivity index is 1.39. The van der Waals surface area contributed by atoms with Gasteiger partial charge in [0.15, 0.2) is 17.0 Å². The highest BCUT2D eigenvalue weighted by atomic mass is 35.5. The Bertz CT molecular complexity index is 1750. The van der Waals surface area contributed by atoms with Gasteiger partial charge in [0.1, 0.15) is 17.9 Å². The summed E-state index contributed by atoms with van der Waals surface area (Å²) in [5, 5.41) is 1.26. The van der Waals surface area contributed by atoms with Gasteiger partial charge in [0.2, 0.25) is 0 Å². The Kier molecular flexibility index (Phi) is 8.01. The van der Waals surface area contributed by atoms with Crippen LogP contribution >= 0.6 is 23.2 Å². The summed E-state index contributed by atoms with van der Waals surface area (Å²) in [5.74, 6) is 1.79. The van der Waals surface area contributed by atoms with Gasteiger partial charge in [0.25, 0.3) is 0 Å². The molecule has 0 saturated carbocycles. The van der Waals surface area contributed by atoms with Gasteiger partial charge in [-0.2, -0.15) is 0 Å². The van der Waals surface area contributed by atoms with E-state index in [1.807, 2.05) is 59.2 Å². The molecule has 0 N–H and O–H groups in total. The van der Waals surface area contributed by atoms with Crippen LogP contribution in [0.15, 0.2) is 85.2 Å². The monoisotopic (exact) mass is 611 g/mol. The van der Waals surface area contributed by atoms with Gasteiger partial charge in [0, 0.05) is 47.6 Å². The summed E-state index contributed by atoms with van der Waals surface area (Å²) in [6.45, 7) is 7.88. The van der Waals surface area contributed by atoms with Gasteiger partial charge in [0.05, 0.1) is 5.02 Å². The normalized spacial score (nSPS) is 15.1. The molecule has 0 atom stereocenters. The maximum absolute atomic E-state index is 13.3. The molecule has 6 rings (SSSR count). The van der Waals surface area contributed by atoms with Crippen LogP contribution in [0.5, 0.6) is 0 Å². The van der Waals surface area contributed by atoms with Crippen molar-refractivity contribution >= 4 is 46.0 Å². The van der Waals surface area contributed by atoms with Gasteiger partial charge in [-0.25, -0.2) is 15.0 Å². The Hall–Kier alpha value is -3.74. The number of halogens is 2. The van der Waals surface area contributed by atoms with Crippen LogP contribution in [0.1, 0.15) is 52.0 Å². The number of imidazole rings is 1. The van der Waals surface area contributed by atoms with Crippen molar-refractivity contribution in [3.63, 3.8) is 0 Å². The van der Waals surface area contributed by atoms with Crippen molar-refractivity contribution in [2.24, 2.45) is 5.41 Å². The van der Waals surface area contributed by atoms with Gasteiger partial charge >= 0.3 is 0 Å². The molecule has 0 amide bonds. The zero-order chi connectivity index (χ0) is 30.2. The Labute approximate surface area is 262 Å². The molecule has 220 valence electrons. The predicted molar refractivity (Wildman–Crippen MR) is 175 cm³/mol. The SMILES string of the molecule is CC(C)(C)CC(=O)CC1(c2ccccc2)CCN(c2ncnc3c2nc(-c2ccccc2Cl)n3-c2ccc(Cl)cc2)CC1. The van der Waals surface area contributed by atoms with Crippen molar-refractivity contribution in [2.45, 2.75) is 51.9 Å².